The topological polar surface area (TPSA) is 43.8 Å². The fourth-order valence-electron chi connectivity index (χ4n) is 1.90. The molecule has 0 aliphatic carbocycles. The number of fused-ring (bicyclic) bond motifs is 1. The highest BCUT2D eigenvalue weighted by atomic mass is 127. The van der Waals surface area contributed by atoms with Gasteiger partial charge in [0.15, 0.2) is 0 Å². The van der Waals surface area contributed by atoms with E-state index in [0.29, 0.717) is 5.69 Å². The number of anilines is 1. The summed E-state index contributed by atoms with van der Waals surface area (Å²) in [5, 5.41) is 0. The number of nitrogen functional groups attached to an aromatic ring is 1. The molecule has 2 N–H and O–H groups in total. The van der Waals surface area contributed by atoms with Crippen molar-refractivity contribution in [3.05, 3.63) is 52.1 Å². The molecule has 1 heterocycles. The normalized spacial score (nSPS) is 11.0. The van der Waals surface area contributed by atoms with Gasteiger partial charge in [0, 0.05) is 9.26 Å². The Morgan fingerprint density at radius 2 is 2.00 bits per heavy atom. The van der Waals surface area contributed by atoms with Gasteiger partial charge >= 0.3 is 0 Å². The van der Waals surface area contributed by atoms with E-state index in [2.05, 4.69) is 27.6 Å². The van der Waals surface area contributed by atoms with E-state index in [-0.39, 0.29) is 5.82 Å². The highest BCUT2D eigenvalue weighted by Gasteiger charge is 2.08. The molecule has 3 rings (SSSR count). The minimum atomic E-state index is -0.239. The van der Waals surface area contributed by atoms with Crippen molar-refractivity contribution >= 4 is 39.3 Å². The SMILES string of the molecule is Nc1ccc2c(c1)ncn2-c1ccc(F)cc1I. The molecule has 0 atom stereocenters. The Morgan fingerprint density at radius 1 is 1.17 bits per heavy atom. The molecule has 0 aliphatic heterocycles. The standard InChI is InChI=1S/C13H9FIN3/c14-8-1-3-12(10(15)5-8)18-7-17-11-6-9(16)2-4-13(11)18/h1-7H,16H2. The number of aromatic nitrogens is 2. The Labute approximate surface area is 117 Å². The summed E-state index contributed by atoms with van der Waals surface area (Å²) >= 11 is 2.11. The highest BCUT2D eigenvalue weighted by molar-refractivity contribution is 14.1. The summed E-state index contributed by atoms with van der Waals surface area (Å²) in [4.78, 5) is 4.31. The van der Waals surface area contributed by atoms with Crippen LogP contribution in [0, 0.1) is 9.39 Å². The molecule has 3 aromatic rings. The van der Waals surface area contributed by atoms with E-state index in [0.717, 1.165) is 20.3 Å². The number of hydrogen-bond donors (Lipinski definition) is 1. The number of benzene rings is 2. The lowest BCUT2D eigenvalue weighted by atomic mass is 10.2. The smallest absolute Gasteiger partial charge is 0.124 e. The Morgan fingerprint density at radius 3 is 2.78 bits per heavy atom. The Bertz CT molecular complexity index is 736. The molecule has 0 unspecified atom stereocenters. The van der Waals surface area contributed by atoms with Gasteiger partial charge in [0.25, 0.3) is 0 Å². The minimum absolute atomic E-state index is 0.239. The van der Waals surface area contributed by atoms with Gasteiger partial charge in [-0.3, -0.25) is 4.57 Å². The van der Waals surface area contributed by atoms with Crippen LogP contribution in [0.5, 0.6) is 0 Å². The first-order valence-corrected chi connectivity index (χ1v) is 6.41. The second kappa shape index (κ2) is 4.24. The molecule has 5 heteroatoms. The molecule has 0 bridgehead atoms. The predicted molar refractivity (Wildman–Crippen MR) is 78.2 cm³/mol. The molecule has 3 nitrogen and oxygen atoms in total. The zero-order valence-electron chi connectivity index (χ0n) is 9.27. The molecule has 0 saturated carbocycles. The van der Waals surface area contributed by atoms with Crippen LogP contribution in [-0.2, 0) is 0 Å². The number of halogens is 2. The van der Waals surface area contributed by atoms with E-state index in [4.69, 9.17) is 5.73 Å². The molecule has 18 heavy (non-hydrogen) atoms. The summed E-state index contributed by atoms with van der Waals surface area (Å²) in [6.45, 7) is 0. The lowest BCUT2D eigenvalue weighted by Gasteiger charge is -2.07. The summed E-state index contributed by atoms with van der Waals surface area (Å²) in [5.41, 5.74) is 9.09. The van der Waals surface area contributed by atoms with Crippen LogP contribution in [-0.4, -0.2) is 9.55 Å². The van der Waals surface area contributed by atoms with Crippen LogP contribution < -0.4 is 5.73 Å². The van der Waals surface area contributed by atoms with Gasteiger partial charge in [0.2, 0.25) is 0 Å². The lowest BCUT2D eigenvalue weighted by molar-refractivity contribution is 0.626. The van der Waals surface area contributed by atoms with E-state index < -0.39 is 0 Å². The van der Waals surface area contributed by atoms with Crippen LogP contribution in [0.1, 0.15) is 0 Å². The second-order valence-electron chi connectivity index (χ2n) is 3.96. The molecule has 2 aromatic carbocycles. The number of nitrogens with zero attached hydrogens (tertiary/aromatic N) is 2. The maximum absolute atomic E-state index is 13.1. The molecule has 0 aliphatic rings. The van der Waals surface area contributed by atoms with Crippen LogP contribution >= 0.6 is 22.6 Å². The van der Waals surface area contributed by atoms with Crippen molar-refractivity contribution in [1.82, 2.24) is 9.55 Å². The fraction of sp³-hybridized carbons (Fsp3) is 0. The second-order valence-corrected chi connectivity index (χ2v) is 5.12. The highest BCUT2D eigenvalue weighted by Crippen LogP contribution is 2.24. The van der Waals surface area contributed by atoms with Gasteiger partial charge in [-0.25, -0.2) is 9.37 Å². The minimum Gasteiger partial charge on any atom is -0.399 e. The van der Waals surface area contributed by atoms with Gasteiger partial charge in [-0.05, 0) is 59.0 Å². The van der Waals surface area contributed by atoms with Crippen LogP contribution in [0.25, 0.3) is 16.7 Å². The number of rotatable bonds is 1. The Balaban J connectivity index is 2.25. The first-order chi connectivity index (χ1) is 8.65. The summed E-state index contributed by atoms with van der Waals surface area (Å²) in [6.07, 6.45) is 1.72. The molecule has 0 spiro atoms. The molecular weight excluding hydrogens is 344 g/mol. The van der Waals surface area contributed by atoms with Crippen LogP contribution in [0.15, 0.2) is 42.7 Å². The quantitative estimate of drug-likeness (QED) is 0.539. The third-order valence-corrected chi connectivity index (χ3v) is 3.60. The Kier molecular flexibility index (Phi) is 2.70. The van der Waals surface area contributed by atoms with E-state index in [1.807, 2.05) is 22.8 Å². The van der Waals surface area contributed by atoms with E-state index in [1.54, 1.807) is 12.4 Å². The first-order valence-electron chi connectivity index (χ1n) is 5.33. The van der Waals surface area contributed by atoms with Crippen LogP contribution in [0.4, 0.5) is 10.1 Å². The fourth-order valence-corrected chi connectivity index (χ4v) is 2.64. The van der Waals surface area contributed by atoms with E-state index in [9.17, 15) is 4.39 Å². The Hall–Kier alpha value is -1.63. The maximum Gasteiger partial charge on any atom is 0.124 e. The van der Waals surface area contributed by atoms with Gasteiger partial charge in [0.1, 0.15) is 12.1 Å². The summed E-state index contributed by atoms with van der Waals surface area (Å²) in [6, 6.07) is 10.3. The predicted octanol–water partition coefficient (Wildman–Crippen LogP) is 3.35. The van der Waals surface area contributed by atoms with Gasteiger partial charge in [0.05, 0.1) is 16.7 Å². The molecule has 90 valence electrons. The zero-order valence-corrected chi connectivity index (χ0v) is 11.4. The average Bonchev–Trinajstić information content (AvgIpc) is 2.72. The number of imidazole rings is 1. The van der Waals surface area contributed by atoms with Gasteiger partial charge in [-0.15, -0.1) is 0 Å². The largest absolute Gasteiger partial charge is 0.399 e. The lowest BCUT2D eigenvalue weighted by Crippen LogP contribution is -1.96. The van der Waals surface area contributed by atoms with Crippen molar-refractivity contribution in [1.29, 1.82) is 0 Å². The number of nitrogens with two attached hydrogens (primary N) is 1. The first kappa shape index (κ1) is 11.5. The van der Waals surface area contributed by atoms with Crippen molar-refractivity contribution < 1.29 is 4.39 Å². The van der Waals surface area contributed by atoms with Gasteiger partial charge in [-0.2, -0.15) is 0 Å². The monoisotopic (exact) mass is 353 g/mol. The maximum atomic E-state index is 13.1. The van der Waals surface area contributed by atoms with Crippen molar-refractivity contribution in [3.63, 3.8) is 0 Å². The van der Waals surface area contributed by atoms with Crippen molar-refractivity contribution in [2.75, 3.05) is 5.73 Å². The molecule has 0 fully saturated rings. The van der Waals surface area contributed by atoms with Crippen molar-refractivity contribution in [3.8, 4) is 5.69 Å². The zero-order chi connectivity index (χ0) is 12.7. The van der Waals surface area contributed by atoms with E-state index >= 15 is 0 Å². The third-order valence-electron chi connectivity index (χ3n) is 2.74. The summed E-state index contributed by atoms with van der Waals surface area (Å²) < 4.78 is 15.9. The molecule has 1 aromatic heterocycles. The third kappa shape index (κ3) is 1.84. The van der Waals surface area contributed by atoms with Crippen molar-refractivity contribution in [2.24, 2.45) is 0 Å². The molecular formula is C13H9FIN3. The van der Waals surface area contributed by atoms with Gasteiger partial charge < -0.3 is 5.73 Å². The van der Waals surface area contributed by atoms with Crippen LogP contribution in [0.2, 0.25) is 0 Å². The molecule has 0 amide bonds. The summed E-state index contributed by atoms with van der Waals surface area (Å²) in [5.74, 6) is -0.239. The van der Waals surface area contributed by atoms with Crippen LogP contribution in [0.3, 0.4) is 0 Å². The molecule has 0 saturated heterocycles. The van der Waals surface area contributed by atoms with Gasteiger partial charge in [-0.1, -0.05) is 0 Å². The average molecular weight is 353 g/mol. The van der Waals surface area contributed by atoms with Crippen molar-refractivity contribution in [2.45, 2.75) is 0 Å². The number of hydrogen-bond acceptors (Lipinski definition) is 2. The van der Waals surface area contributed by atoms with E-state index in [1.165, 1.54) is 12.1 Å². The summed E-state index contributed by atoms with van der Waals surface area (Å²) in [7, 11) is 0. The molecule has 0 radical (unpaired) electrons.